The molecule has 0 aromatic heterocycles. The number of fused-ring (bicyclic) bond motifs is 1. The van der Waals surface area contributed by atoms with Gasteiger partial charge in [-0.25, -0.2) is 0 Å². The predicted molar refractivity (Wildman–Crippen MR) is 49.9 cm³/mol. The molecule has 1 fully saturated rings. The Kier molecular flexibility index (Phi) is 2.01. The van der Waals surface area contributed by atoms with Crippen LogP contribution in [-0.2, 0) is 0 Å². The van der Waals surface area contributed by atoms with Crippen LogP contribution in [0, 0.1) is 35.0 Å². The maximum atomic E-state index is 3.35. The van der Waals surface area contributed by atoms with E-state index in [4.69, 9.17) is 0 Å². The van der Waals surface area contributed by atoms with Gasteiger partial charge in [-0.05, 0) is 17.8 Å². The van der Waals surface area contributed by atoms with Crippen LogP contribution in [0.2, 0.25) is 0 Å². The van der Waals surface area contributed by atoms with Gasteiger partial charge in [-0.15, -0.1) is 0 Å². The Labute approximate surface area is 76.2 Å². The summed E-state index contributed by atoms with van der Waals surface area (Å²) in [7, 11) is 0. The van der Waals surface area contributed by atoms with Crippen LogP contribution in [0.4, 0.5) is 0 Å². The fourth-order valence-corrected chi connectivity index (χ4v) is 2.14. The van der Waals surface area contributed by atoms with Gasteiger partial charge >= 0.3 is 0 Å². The molecule has 2 radical (unpaired) electrons. The summed E-state index contributed by atoms with van der Waals surface area (Å²) < 4.78 is 0. The quantitative estimate of drug-likeness (QED) is 0.485. The minimum atomic E-state index is 0. The molecule has 0 N–H and O–H groups in total. The molecule has 3 unspecified atom stereocenters. The second-order valence-corrected chi connectivity index (χ2v) is 4.33. The Morgan fingerprint density at radius 1 is 1.27 bits per heavy atom. The summed E-state index contributed by atoms with van der Waals surface area (Å²) in [6.45, 7) is 6.92. The van der Waals surface area contributed by atoms with Crippen molar-refractivity contribution in [2.75, 3.05) is 0 Å². The third kappa shape index (κ3) is 1.18. The molecule has 2 aliphatic rings. The summed E-state index contributed by atoms with van der Waals surface area (Å²) in [6, 6.07) is 0. The molecule has 0 bridgehead atoms. The van der Waals surface area contributed by atoms with E-state index in [1.54, 1.807) is 0 Å². The second-order valence-electron chi connectivity index (χ2n) is 4.33. The van der Waals surface area contributed by atoms with Crippen molar-refractivity contribution >= 4 is 13.5 Å². The molecule has 0 aromatic rings. The van der Waals surface area contributed by atoms with E-state index < -0.39 is 0 Å². The average molecular weight is 166 g/mol. The van der Waals surface area contributed by atoms with E-state index in [0.717, 1.165) is 11.8 Å². The van der Waals surface area contributed by atoms with Gasteiger partial charge in [-0.2, -0.15) is 0 Å². The highest BCUT2D eigenvalue weighted by atomic mass is 32.1. The molecule has 0 saturated heterocycles. The van der Waals surface area contributed by atoms with Crippen LogP contribution in [-0.4, -0.2) is 0 Å². The molecule has 2 aliphatic carbocycles. The highest BCUT2D eigenvalue weighted by Gasteiger charge is 2.57. The van der Waals surface area contributed by atoms with Crippen molar-refractivity contribution in [3.05, 3.63) is 0 Å². The first kappa shape index (κ1) is 9.00. The normalized spacial score (nSPS) is 42.6. The topological polar surface area (TPSA) is 0 Å². The summed E-state index contributed by atoms with van der Waals surface area (Å²) in [5, 5.41) is 0. The average Bonchev–Trinajstić information content (AvgIpc) is 2.36. The monoisotopic (exact) mass is 166 g/mol. The van der Waals surface area contributed by atoms with E-state index >= 15 is 0 Å². The zero-order valence-electron chi connectivity index (χ0n) is 7.35. The summed E-state index contributed by atoms with van der Waals surface area (Å²) >= 11 is 0. The van der Waals surface area contributed by atoms with Crippen molar-refractivity contribution in [3.63, 3.8) is 0 Å². The van der Waals surface area contributed by atoms with Gasteiger partial charge in [0.2, 0.25) is 0 Å². The van der Waals surface area contributed by atoms with Crippen molar-refractivity contribution in [2.45, 2.75) is 27.2 Å². The molecule has 0 aromatic carbocycles. The first-order valence-corrected chi connectivity index (χ1v) is 4.13. The number of rotatable bonds is 0. The lowest BCUT2D eigenvalue weighted by atomic mass is 9.99. The Morgan fingerprint density at radius 2 is 1.91 bits per heavy atom. The summed E-state index contributed by atoms with van der Waals surface area (Å²) in [5.74, 6) is 8.94. The lowest BCUT2D eigenvalue weighted by Gasteiger charge is -2.05. The molecule has 0 spiro atoms. The number of hydrogen-bond acceptors (Lipinski definition) is 0. The molecule has 3 atom stereocenters. The van der Waals surface area contributed by atoms with Crippen LogP contribution < -0.4 is 0 Å². The standard InChI is InChI=1S/C10H14.S/c1-7-4-5-8-9(6-7)10(8,2)3;/h7-9H,6H2,1-3H3;. The Hall–Kier alpha value is -0.0900. The third-order valence-corrected chi connectivity index (χ3v) is 3.14. The van der Waals surface area contributed by atoms with Gasteiger partial charge in [0.1, 0.15) is 0 Å². The van der Waals surface area contributed by atoms with Crippen molar-refractivity contribution in [2.24, 2.45) is 23.2 Å². The highest BCUT2D eigenvalue weighted by molar-refractivity contribution is 7.59. The van der Waals surface area contributed by atoms with Crippen molar-refractivity contribution in [3.8, 4) is 11.8 Å². The molecule has 0 heterocycles. The fraction of sp³-hybridized carbons (Fsp3) is 0.800. The first-order chi connectivity index (χ1) is 4.62. The molecule has 11 heavy (non-hydrogen) atoms. The van der Waals surface area contributed by atoms with Crippen LogP contribution in [0.25, 0.3) is 0 Å². The second kappa shape index (κ2) is 2.45. The Bertz CT molecular complexity index is 219. The lowest BCUT2D eigenvalue weighted by Crippen LogP contribution is -1.98. The molecule has 0 aliphatic heterocycles. The SMILES string of the molecule is CC1C#CC2C(C1)C2(C)C.[S]. The minimum Gasteiger partial charge on any atom is -0.0999 e. The number of hydrogen-bond donors (Lipinski definition) is 0. The van der Waals surface area contributed by atoms with Crippen LogP contribution in [0.1, 0.15) is 27.2 Å². The molecule has 60 valence electrons. The maximum absolute atomic E-state index is 3.35. The largest absolute Gasteiger partial charge is 0.0999 e. The van der Waals surface area contributed by atoms with Crippen LogP contribution in [0.5, 0.6) is 0 Å². The smallest absolute Gasteiger partial charge is 0.0291 e. The molecule has 1 saturated carbocycles. The van der Waals surface area contributed by atoms with E-state index in [1.807, 2.05) is 0 Å². The lowest BCUT2D eigenvalue weighted by molar-refractivity contribution is 0.494. The van der Waals surface area contributed by atoms with E-state index in [2.05, 4.69) is 32.6 Å². The summed E-state index contributed by atoms with van der Waals surface area (Å²) in [4.78, 5) is 0. The zero-order valence-corrected chi connectivity index (χ0v) is 8.16. The fourth-order valence-electron chi connectivity index (χ4n) is 2.14. The molecule has 1 heteroatoms. The van der Waals surface area contributed by atoms with E-state index in [0.29, 0.717) is 11.3 Å². The van der Waals surface area contributed by atoms with Crippen molar-refractivity contribution in [1.82, 2.24) is 0 Å². The van der Waals surface area contributed by atoms with E-state index in [9.17, 15) is 0 Å². The molecule has 0 amide bonds. The Balaban J connectivity index is 0.000000605. The van der Waals surface area contributed by atoms with Crippen LogP contribution in [0.3, 0.4) is 0 Å². The third-order valence-electron chi connectivity index (χ3n) is 3.14. The molecular formula is C10H14S. The van der Waals surface area contributed by atoms with Gasteiger partial charge in [0.05, 0.1) is 0 Å². The molecular weight excluding hydrogens is 152 g/mol. The summed E-state index contributed by atoms with van der Waals surface area (Å²) in [6.07, 6.45) is 1.34. The molecule has 2 rings (SSSR count). The minimum absolute atomic E-state index is 0. The zero-order chi connectivity index (χ0) is 7.35. The maximum Gasteiger partial charge on any atom is 0.0291 e. The van der Waals surface area contributed by atoms with Gasteiger partial charge in [0.25, 0.3) is 0 Å². The Morgan fingerprint density at radius 3 is 2.36 bits per heavy atom. The highest BCUT2D eigenvalue weighted by Crippen LogP contribution is 2.61. The van der Waals surface area contributed by atoms with Gasteiger partial charge in [-0.1, -0.05) is 32.6 Å². The van der Waals surface area contributed by atoms with Gasteiger partial charge < -0.3 is 0 Å². The van der Waals surface area contributed by atoms with E-state index in [1.165, 1.54) is 6.42 Å². The first-order valence-electron chi connectivity index (χ1n) is 4.13. The van der Waals surface area contributed by atoms with E-state index in [-0.39, 0.29) is 13.5 Å². The van der Waals surface area contributed by atoms with Crippen LogP contribution in [0.15, 0.2) is 0 Å². The van der Waals surface area contributed by atoms with Crippen molar-refractivity contribution < 1.29 is 0 Å². The predicted octanol–water partition coefficient (Wildman–Crippen LogP) is 2.95. The summed E-state index contributed by atoms with van der Waals surface area (Å²) in [5.41, 5.74) is 0.553. The van der Waals surface area contributed by atoms with Gasteiger partial charge in [0.15, 0.2) is 0 Å². The van der Waals surface area contributed by atoms with Gasteiger partial charge in [0, 0.05) is 25.3 Å². The van der Waals surface area contributed by atoms with Crippen molar-refractivity contribution in [1.29, 1.82) is 0 Å². The van der Waals surface area contributed by atoms with Crippen LogP contribution >= 0.6 is 13.5 Å². The molecule has 0 nitrogen and oxygen atoms in total. The van der Waals surface area contributed by atoms with Gasteiger partial charge in [-0.3, -0.25) is 0 Å².